The first-order chi connectivity index (χ1) is 17.5. The molecule has 0 aliphatic carbocycles. The average molecular weight is 519 g/mol. The summed E-state index contributed by atoms with van der Waals surface area (Å²) in [6.07, 6.45) is -4.01. The van der Waals surface area contributed by atoms with Gasteiger partial charge in [0.05, 0.1) is 19.1 Å². The molecule has 12 heteroatoms. The number of rotatable bonds is 8. The zero-order valence-electron chi connectivity index (χ0n) is 19.8. The minimum atomic E-state index is -4.95. The van der Waals surface area contributed by atoms with E-state index in [-0.39, 0.29) is 24.2 Å². The Hall–Kier alpha value is -4.48. The summed E-state index contributed by atoms with van der Waals surface area (Å²) < 4.78 is 49.4. The van der Waals surface area contributed by atoms with E-state index in [0.29, 0.717) is 5.56 Å². The van der Waals surface area contributed by atoms with Gasteiger partial charge >= 0.3 is 18.4 Å². The van der Waals surface area contributed by atoms with Gasteiger partial charge in [0.1, 0.15) is 11.5 Å². The maximum Gasteiger partial charge on any atom is 0.573 e. The van der Waals surface area contributed by atoms with Crippen molar-refractivity contribution in [3.63, 3.8) is 0 Å². The Labute approximate surface area is 209 Å². The van der Waals surface area contributed by atoms with Crippen LogP contribution in [0.3, 0.4) is 0 Å². The minimum absolute atomic E-state index is 0.0688. The quantitative estimate of drug-likeness (QED) is 0.378. The third-order valence-corrected chi connectivity index (χ3v) is 5.18. The van der Waals surface area contributed by atoms with E-state index < -0.39 is 47.2 Å². The van der Waals surface area contributed by atoms with Crippen LogP contribution in [-0.4, -0.2) is 34.6 Å². The number of anilines is 1. The van der Waals surface area contributed by atoms with Crippen molar-refractivity contribution in [1.29, 1.82) is 0 Å². The van der Waals surface area contributed by atoms with E-state index in [1.54, 1.807) is 37.3 Å². The van der Waals surface area contributed by atoms with Gasteiger partial charge in [-0.05, 0) is 36.2 Å². The first-order valence-corrected chi connectivity index (χ1v) is 11.0. The molecule has 196 valence electrons. The van der Waals surface area contributed by atoms with Crippen molar-refractivity contribution in [1.82, 2.24) is 9.88 Å². The summed E-state index contributed by atoms with van der Waals surface area (Å²) in [7, 11) is 1.42. The van der Waals surface area contributed by atoms with Crippen molar-refractivity contribution in [3.05, 3.63) is 76.7 Å². The van der Waals surface area contributed by atoms with Gasteiger partial charge in [-0.25, -0.2) is 4.79 Å². The standard InChI is InChI=1S/C25H24F3N3O6/c1-3-36-21(33)14-18(29-24(35)30-22-19(32)11-12-31(2)23(22)34)16-9-10-20(37-25(26,27)28)17(13-16)15-7-5-4-6-8-15/h4-13,18,32H,3,14H2,1-2H3,(H2,29,30,35). The Kier molecular flexibility index (Phi) is 8.43. The highest BCUT2D eigenvalue weighted by Crippen LogP contribution is 2.36. The smallest absolute Gasteiger partial charge is 0.505 e. The molecule has 0 aliphatic rings. The first kappa shape index (κ1) is 27.1. The number of nitrogens with one attached hydrogen (secondary N) is 2. The Morgan fingerprint density at radius 1 is 1.11 bits per heavy atom. The molecule has 3 aromatic rings. The Balaban J connectivity index is 1.99. The van der Waals surface area contributed by atoms with E-state index in [0.717, 1.165) is 10.6 Å². The summed E-state index contributed by atoms with van der Waals surface area (Å²) in [6, 6.07) is 11.0. The fourth-order valence-electron chi connectivity index (χ4n) is 3.50. The molecule has 0 radical (unpaired) electrons. The lowest BCUT2D eigenvalue weighted by Crippen LogP contribution is -2.36. The molecule has 0 spiro atoms. The highest BCUT2D eigenvalue weighted by Gasteiger charge is 2.33. The largest absolute Gasteiger partial charge is 0.573 e. The zero-order valence-corrected chi connectivity index (χ0v) is 19.8. The van der Waals surface area contributed by atoms with Gasteiger partial charge in [0.15, 0.2) is 5.69 Å². The summed E-state index contributed by atoms with van der Waals surface area (Å²) in [6.45, 7) is 1.66. The number of urea groups is 1. The number of aromatic nitrogens is 1. The van der Waals surface area contributed by atoms with Gasteiger partial charge in [-0.15, -0.1) is 13.2 Å². The lowest BCUT2D eigenvalue weighted by atomic mass is 9.97. The van der Waals surface area contributed by atoms with Crippen LogP contribution in [0.5, 0.6) is 11.5 Å². The van der Waals surface area contributed by atoms with Crippen molar-refractivity contribution < 1.29 is 37.3 Å². The van der Waals surface area contributed by atoms with Crippen molar-refractivity contribution in [3.8, 4) is 22.6 Å². The number of benzene rings is 2. The molecule has 0 aliphatic heterocycles. The molecule has 37 heavy (non-hydrogen) atoms. The van der Waals surface area contributed by atoms with E-state index in [4.69, 9.17) is 4.74 Å². The first-order valence-electron chi connectivity index (χ1n) is 11.0. The summed E-state index contributed by atoms with van der Waals surface area (Å²) in [5.74, 6) is -1.62. The number of aryl methyl sites for hydroxylation is 1. The predicted octanol–water partition coefficient (Wildman–Crippen LogP) is 4.47. The number of halogens is 3. The van der Waals surface area contributed by atoms with Crippen molar-refractivity contribution >= 4 is 17.7 Å². The molecular formula is C25H24F3N3O6. The normalized spacial score (nSPS) is 11.9. The van der Waals surface area contributed by atoms with Gasteiger partial charge in [0.2, 0.25) is 0 Å². The van der Waals surface area contributed by atoms with Gasteiger partial charge in [-0.1, -0.05) is 36.4 Å². The van der Waals surface area contributed by atoms with Crippen molar-refractivity contribution in [2.45, 2.75) is 25.7 Å². The summed E-state index contributed by atoms with van der Waals surface area (Å²) in [5, 5.41) is 14.8. The van der Waals surface area contributed by atoms with Gasteiger partial charge in [-0.3, -0.25) is 9.59 Å². The summed E-state index contributed by atoms with van der Waals surface area (Å²) in [5.41, 5.74) is -0.336. The van der Waals surface area contributed by atoms with Gasteiger partial charge < -0.3 is 29.8 Å². The average Bonchev–Trinajstić information content (AvgIpc) is 2.84. The number of hydrogen-bond acceptors (Lipinski definition) is 6. The number of pyridine rings is 1. The lowest BCUT2D eigenvalue weighted by molar-refractivity contribution is -0.274. The number of aromatic hydroxyl groups is 1. The minimum Gasteiger partial charge on any atom is -0.505 e. The van der Waals surface area contributed by atoms with E-state index in [1.165, 1.54) is 31.4 Å². The predicted molar refractivity (Wildman–Crippen MR) is 128 cm³/mol. The van der Waals surface area contributed by atoms with E-state index >= 15 is 0 Å². The molecule has 1 aromatic heterocycles. The second-order valence-corrected chi connectivity index (χ2v) is 7.82. The highest BCUT2D eigenvalue weighted by atomic mass is 19.4. The molecule has 0 saturated carbocycles. The zero-order chi connectivity index (χ0) is 27.2. The van der Waals surface area contributed by atoms with E-state index in [9.17, 15) is 32.7 Å². The number of nitrogens with zero attached hydrogens (tertiary/aromatic N) is 1. The molecule has 3 rings (SSSR count). The Morgan fingerprint density at radius 3 is 2.46 bits per heavy atom. The Morgan fingerprint density at radius 2 is 1.81 bits per heavy atom. The van der Waals surface area contributed by atoms with Gasteiger partial charge in [-0.2, -0.15) is 0 Å². The Bertz CT molecular complexity index is 1330. The number of carbonyl (C=O) groups is 2. The number of alkyl halides is 3. The molecule has 3 N–H and O–H groups in total. The molecule has 1 atom stereocenters. The number of hydrogen-bond donors (Lipinski definition) is 3. The van der Waals surface area contributed by atoms with Crippen LogP contribution in [-0.2, 0) is 16.6 Å². The second kappa shape index (κ2) is 11.5. The highest BCUT2D eigenvalue weighted by molar-refractivity contribution is 5.91. The third-order valence-electron chi connectivity index (χ3n) is 5.18. The topological polar surface area (TPSA) is 119 Å². The number of ether oxygens (including phenoxy) is 2. The van der Waals surface area contributed by atoms with Gasteiger partial charge in [0.25, 0.3) is 5.56 Å². The third kappa shape index (κ3) is 7.26. The summed E-state index contributed by atoms with van der Waals surface area (Å²) in [4.78, 5) is 37.3. The number of esters is 1. The SMILES string of the molecule is CCOC(=O)CC(NC(=O)Nc1c(O)ccn(C)c1=O)c1ccc(OC(F)(F)F)c(-c2ccccc2)c1. The fourth-order valence-corrected chi connectivity index (χ4v) is 3.50. The van der Waals surface area contributed by atoms with Gasteiger partial charge in [0, 0.05) is 18.8 Å². The number of amides is 2. The molecule has 0 fully saturated rings. The van der Waals surface area contributed by atoms with Crippen LogP contribution in [0.15, 0.2) is 65.6 Å². The fraction of sp³-hybridized carbons (Fsp3) is 0.240. The van der Waals surface area contributed by atoms with E-state index in [1.807, 2.05) is 0 Å². The van der Waals surface area contributed by atoms with Crippen molar-refractivity contribution in [2.75, 3.05) is 11.9 Å². The molecular weight excluding hydrogens is 495 g/mol. The summed E-state index contributed by atoms with van der Waals surface area (Å²) >= 11 is 0. The van der Waals surface area contributed by atoms with Crippen LogP contribution in [0.4, 0.5) is 23.7 Å². The monoisotopic (exact) mass is 519 g/mol. The van der Waals surface area contributed by atoms with Crippen LogP contribution in [0.25, 0.3) is 11.1 Å². The molecule has 1 heterocycles. The molecule has 2 amide bonds. The maximum absolute atomic E-state index is 13.0. The molecule has 9 nitrogen and oxygen atoms in total. The van der Waals surface area contributed by atoms with Crippen LogP contribution in [0, 0.1) is 0 Å². The maximum atomic E-state index is 13.0. The molecule has 2 aromatic carbocycles. The van der Waals surface area contributed by atoms with E-state index in [2.05, 4.69) is 15.4 Å². The van der Waals surface area contributed by atoms with Crippen LogP contribution in [0.2, 0.25) is 0 Å². The van der Waals surface area contributed by atoms with Crippen LogP contribution < -0.4 is 20.9 Å². The molecule has 1 unspecified atom stereocenters. The molecule has 0 bridgehead atoms. The van der Waals surface area contributed by atoms with Crippen LogP contribution in [0.1, 0.15) is 24.9 Å². The van der Waals surface area contributed by atoms with Crippen molar-refractivity contribution in [2.24, 2.45) is 7.05 Å². The van der Waals surface area contributed by atoms with Crippen LogP contribution >= 0.6 is 0 Å². The molecule has 0 saturated heterocycles. The second-order valence-electron chi connectivity index (χ2n) is 7.82. The lowest BCUT2D eigenvalue weighted by Gasteiger charge is -2.21. The number of carbonyl (C=O) groups excluding carboxylic acids is 2.